The number of amides is 1. The molecule has 0 aliphatic carbocycles. The number of aromatic nitrogens is 2. The van der Waals surface area contributed by atoms with Crippen molar-refractivity contribution in [2.24, 2.45) is 5.10 Å². The second-order valence-corrected chi connectivity index (χ2v) is 8.66. The van der Waals surface area contributed by atoms with Crippen LogP contribution in [0.25, 0.3) is 11.0 Å². The zero-order valence-corrected chi connectivity index (χ0v) is 18.7. The van der Waals surface area contributed by atoms with Crippen molar-refractivity contribution in [3.05, 3.63) is 89.1 Å². The SMILES string of the molecule is CC(C)c1nc2ccccc2n1CC(=O)N1N=C(c2ccc(Cl)cc2)CC1c1ccco1. The molecule has 2 aromatic heterocycles. The van der Waals surface area contributed by atoms with Crippen molar-refractivity contribution in [2.75, 3.05) is 0 Å². The van der Waals surface area contributed by atoms with Crippen molar-refractivity contribution < 1.29 is 9.21 Å². The predicted molar refractivity (Wildman–Crippen MR) is 125 cm³/mol. The number of rotatable bonds is 5. The highest BCUT2D eigenvalue weighted by Crippen LogP contribution is 2.34. The molecule has 0 saturated heterocycles. The van der Waals surface area contributed by atoms with Gasteiger partial charge in [0, 0.05) is 17.4 Å². The summed E-state index contributed by atoms with van der Waals surface area (Å²) in [7, 11) is 0. The first-order valence-electron chi connectivity index (χ1n) is 10.7. The van der Waals surface area contributed by atoms with Gasteiger partial charge in [-0.1, -0.05) is 49.7 Å². The number of benzene rings is 2. The first kappa shape index (κ1) is 20.5. The Balaban J connectivity index is 1.51. The minimum Gasteiger partial charge on any atom is -0.467 e. The summed E-state index contributed by atoms with van der Waals surface area (Å²) in [4.78, 5) is 18.3. The van der Waals surface area contributed by atoms with Crippen LogP contribution in [0.15, 0.2) is 76.4 Å². The monoisotopic (exact) mass is 446 g/mol. The summed E-state index contributed by atoms with van der Waals surface area (Å²) in [5, 5.41) is 6.94. The Morgan fingerprint density at radius 3 is 2.62 bits per heavy atom. The van der Waals surface area contributed by atoms with Crippen LogP contribution in [-0.2, 0) is 11.3 Å². The summed E-state index contributed by atoms with van der Waals surface area (Å²) in [5.41, 5.74) is 3.60. The van der Waals surface area contributed by atoms with E-state index in [2.05, 4.69) is 13.8 Å². The second-order valence-electron chi connectivity index (χ2n) is 8.23. The van der Waals surface area contributed by atoms with Crippen LogP contribution in [0.2, 0.25) is 5.02 Å². The number of para-hydroxylation sites is 2. The molecule has 1 atom stereocenters. The van der Waals surface area contributed by atoms with Gasteiger partial charge in [-0.2, -0.15) is 5.10 Å². The van der Waals surface area contributed by atoms with E-state index >= 15 is 0 Å². The smallest absolute Gasteiger partial charge is 0.263 e. The highest BCUT2D eigenvalue weighted by molar-refractivity contribution is 6.30. The molecule has 0 fully saturated rings. The molecule has 6 nitrogen and oxygen atoms in total. The lowest BCUT2D eigenvalue weighted by Gasteiger charge is -2.21. The molecule has 3 heterocycles. The molecule has 0 spiro atoms. The molecule has 0 saturated carbocycles. The number of carbonyl (C=O) groups is 1. The number of carbonyl (C=O) groups excluding carboxylic acids is 1. The summed E-state index contributed by atoms with van der Waals surface area (Å²) in [5.74, 6) is 1.67. The number of imidazole rings is 1. The normalized spacial score (nSPS) is 16.2. The molecule has 7 heteroatoms. The van der Waals surface area contributed by atoms with Crippen LogP contribution in [-0.4, -0.2) is 26.2 Å². The van der Waals surface area contributed by atoms with Crippen molar-refractivity contribution in [2.45, 2.75) is 38.8 Å². The maximum Gasteiger partial charge on any atom is 0.263 e. The summed E-state index contributed by atoms with van der Waals surface area (Å²) >= 11 is 6.05. The number of halogens is 1. The molecule has 1 amide bonds. The first-order chi connectivity index (χ1) is 15.5. The fourth-order valence-corrected chi connectivity index (χ4v) is 4.29. The van der Waals surface area contributed by atoms with Gasteiger partial charge in [0.1, 0.15) is 24.2 Å². The van der Waals surface area contributed by atoms with Gasteiger partial charge in [0.25, 0.3) is 5.91 Å². The molecule has 5 rings (SSSR count). The lowest BCUT2D eigenvalue weighted by atomic mass is 10.0. The zero-order valence-electron chi connectivity index (χ0n) is 17.9. The van der Waals surface area contributed by atoms with Gasteiger partial charge in [0.2, 0.25) is 0 Å². The molecule has 1 aliphatic heterocycles. The number of hydrogen-bond donors (Lipinski definition) is 0. The molecule has 4 aromatic rings. The van der Waals surface area contributed by atoms with E-state index in [9.17, 15) is 4.79 Å². The highest BCUT2D eigenvalue weighted by atomic mass is 35.5. The van der Waals surface area contributed by atoms with E-state index in [0.717, 1.165) is 28.1 Å². The van der Waals surface area contributed by atoms with Crippen molar-refractivity contribution in [1.29, 1.82) is 0 Å². The molecular formula is C25H23ClN4O2. The summed E-state index contributed by atoms with van der Waals surface area (Å²) in [6.45, 7) is 4.32. The predicted octanol–water partition coefficient (Wildman–Crippen LogP) is 5.78. The van der Waals surface area contributed by atoms with Gasteiger partial charge in [0.05, 0.1) is 23.0 Å². The van der Waals surface area contributed by atoms with Crippen LogP contribution >= 0.6 is 11.6 Å². The lowest BCUT2D eigenvalue weighted by molar-refractivity contribution is -0.134. The molecule has 2 aromatic carbocycles. The second kappa shape index (κ2) is 8.28. The Bertz CT molecular complexity index is 1290. The Morgan fingerprint density at radius 1 is 1.12 bits per heavy atom. The maximum absolute atomic E-state index is 13.6. The number of hydrazone groups is 1. The van der Waals surface area contributed by atoms with Crippen molar-refractivity contribution >= 4 is 34.3 Å². The highest BCUT2D eigenvalue weighted by Gasteiger charge is 2.35. The van der Waals surface area contributed by atoms with Gasteiger partial charge in [-0.15, -0.1) is 0 Å². The third-order valence-corrected chi connectivity index (χ3v) is 5.96. The van der Waals surface area contributed by atoms with E-state index in [0.29, 0.717) is 17.2 Å². The molecule has 162 valence electrons. The Labute approximate surface area is 191 Å². The van der Waals surface area contributed by atoms with Crippen molar-refractivity contribution in [1.82, 2.24) is 14.6 Å². The molecular weight excluding hydrogens is 424 g/mol. The summed E-state index contributed by atoms with van der Waals surface area (Å²) in [6.07, 6.45) is 2.20. The van der Waals surface area contributed by atoms with E-state index < -0.39 is 0 Å². The van der Waals surface area contributed by atoms with Crippen molar-refractivity contribution in [3.8, 4) is 0 Å². The van der Waals surface area contributed by atoms with Crippen LogP contribution < -0.4 is 0 Å². The average molecular weight is 447 g/mol. The van der Waals surface area contributed by atoms with Gasteiger partial charge < -0.3 is 8.98 Å². The number of fused-ring (bicyclic) bond motifs is 1. The minimum atomic E-state index is -0.291. The topological polar surface area (TPSA) is 63.6 Å². The van der Waals surface area contributed by atoms with E-state index in [-0.39, 0.29) is 24.4 Å². The Hall–Kier alpha value is -3.38. The van der Waals surface area contributed by atoms with Crippen LogP contribution in [0.1, 0.15) is 49.4 Å². The molecule has 0 N–H and O–H groups in total. The summed E-state index contributed by atoms with van der Waals surface area (Å²) in [6, 6.07) is 18.8. The van der Waals surface area contributed by atoms with Crippen molar-refractivity contribution in [3.63, 3.8) is 0 Å². The third kappa shape index (κ3) is 3.71. The lowest BCUT2D eigenvalue weighted by Crippen LogP contribution is -2.30. The summed E-state index contributed by atoms with van der Waals surface area (Å²) < 4.78 is 7.66. The van der Waals surface area contributed by atoms with E-state index in [1.54, 1.807) is 11.3 Å². The standard InChI is InChI=1S/C25H23ClN4O2/c1-16(2)25-27-19-6-3-4-7-21(19)29(25)15-24(31)30-22(23-8-5-13-32-23)14-20(28-30)17-9-11-18(26)12-10-17/h3-13,16,22H,14-15H2,1-2H3. The van der Waals surface area contributed by atoms with Crippen LogP contribution in [0.4, 0.5) is 0 Å². The number of furan rings is 1. The van der Waals surface area contributed by atoms with Crippen LogP contribution in [0.3, 0.4) is 0 Å². The fraction of sp³-hybridized carbons (Fsp3) is 0.240. The van der Waals surface area contributed by atoms with Gasteiger partial charge in [0.15, 0.2) is 0 Å². The van der Waals surface area contributed by atoms with Crippen LogP contribution in [0, 0.1) is 0 Å². The van der Waals surface area contributed by atoms with Gasteiger partial charge >= 0.3 is 0 Å². The third-order valence-electron chi connectivity index (χ3n) is 5.71. The van der Waals surface area contributed by atoms with Gasteiger partial charge in [-0.05, 0) is 42.0 Å². The van der Waals surface area contributed by atoms with Gasteiger partial charge in [-0.3, -0.25) is 4.79 Å². The Morgan fingerprint density at radius 2 is 1.91 bits per heavy atom. The zero-order chi connectivity index (χ0) is 22.2. The molecule has 0 bridgehead atoms. The van der Waals surface area contributed by atoms with E-state index in [1.165, 1.54) is 0 Å². The minimum absolute atomic E-state index is 0.111. The number of nitrogens with zero attached hydrogens (tertiary/aromatic N) is 4. The van der Waals surface area contributed by atoms with Crippen LogP contribution in [0.5, 0.6) is 0 Å². The van der Waals surface area contributed by atoms with E-state index in [1.807, 2.05) is 65.2 Å². The maximum atomic E-state index is 13.6. The largest absolute Gasteiger partial charge is 0.467 e. The average Bonchev–Trinajstić information content (AvgIpc) is 3.53. The number of hydrogen-bond acceptors (Lipinski definition) is 4. The molecule has 1 aliphatic rings. The fourth-order valence-electron chi connectivity index (χ4n) is 4.17. The molecule has 1 unspecified atom stereocenters. The molecule has 0 radical (unpaired) electrons. The molecule has 32 heavy (non-hydrogen) atoms. The quantitative estimate of drug-likeness (QED) is 0.390. The van der Waals surface area contributed by atoms with Gasteiger partial charge in [-0.25, -0.2) is 9.99 Å². The first-order valence-corrected chi connectivity index (χ1v) is 11.0. The van der Waals surface area contributed by atoms with E-state index in [4.69, 9.17) is 26.1 Å². The Kier molecular flexibility index (Phi) is 5.31.